The van der Waals surface area contributed by atoms with Gasteiger partial charge in [-0.1, -0.05) is 6.07 Å². The maximum atomic E-state index is 12.1. The molecule has 0 saturated heterocycles. The van der Waals surface area contributed by atoms with E-state index in [0.29, 0.717) is 22.7 Å². The van der Waals surface area contributed by atoms with Gasteiger partial charge in [-0.15, -0.1) is 0 Å². The summed E-state index contributed by atoms with van der Waals surface area (Å²) in [5.74, 6) is 0.156. The van der Waals surface area contributed by atoms with Crippen molar-refractivity contribution in [1.82, 2.24) is 0 Å². The van der Waals surface area contributed by atoms with Crippen molar-refractivity contribution in [2.24, 2.45) is 0 Å². The largest absolute Gasteiger partial charge is 0.454 e. The standard InChI is InChI=1S/C20H16N2O5/c1-13(20(24)22-16-6-2-15(11-21)3-7-16)27-19(23)9-5-14-4-8-17-18(10-14)26-12-25-17/h2-10,13H,12H2,1H3,(H,22,24)/b9-5+/t13-/m1/s1. The highest BCUT2D eigenvalue weighted by Gasteiger charge is 2.17. The Morgan fingerprint density at radius 3 is 2.67 bits per heavy atom. The Morgan fingerprint density at radius 1 is 1.19 bits per heavy atom. The first-order valence-corrected chi connectivity index (χ1v) is 8.14. The number of hydrogen-bond acceptors (Lipinski definition) is 6. The van der Waals surface area contributed by atoms with Crippen LogP contribution in [0.1, 0.15) is 18.1 Å². The highest BCUT2D eigenvalue weighted by atomic mass is 16.7. The third-order valence-corrected chi connectivity index (χ3v) is 3.75. The van der Waals surface area contributed by atoms with Crippen molar-refractivity contribution >= 4 is 23.6 Å². The Bertz CT molecular complexity index is 928. The zero-order valence-corrected chi connectivity index (χ0v) is 14.5. The van der Waals surface area contributed by atoms with E-state index in [1.165, 1.54) is 13.0 Å². The number of anilines is 1. The van der Waals surface area contributed by atoms with Gasteiger partial charge in [-0.05, 0) is 55.0 Å². The van der Waals surface area contributed by atoms with E-state index < -0.39 is 18.0 Å². The van der Waals surface area contributed by atoms with E-state index in [9.17, 15) is 9.59 Å². The fourth-order valence-electron chi connectivity index (χ4n) is 2.32. The first kappa shape index (κ1) is 18.0. The van der Waals surface area contributed by atoms with Crippen LogP contribution in [0.2, 0.25) is 0 Å². The van der Waals surface area contributed by atoms with E-state index in [-0.39, 0.29) is 6.79 Å². The number of rotatable bonds is 5. The van der Waals surface area contributed by atoms with Gasteiger partial charge in [0, 0.05) is 11.8 Å². The smallest absolute Gasteiger partial charge is 0.331 e. The van der Waals surface area contributed by atoms with E-state index in [1.54, 1.807) is 48.5 Å². The molecule has 0 aliphatic carbocycles. The van der Waals surface area contributed by atoms with Crippen molar-refractivity contribution in [2.45, 2.75) is 13.0 Å². The van der Waals surface area contributed by atoms with Crippen LogP contribution >= 0.6 is 0 Å². The molecule has 7 heteroatoms. The van der Waals surface area contributed by atoms with Crippen LogP contribution in [0.4, 0.5) is 5.69 Å². The molecular weight excluding hydrogens is 348 g/mol. The Hall–Kier alpha value is -3.79. The number of fused-ring (bicyclic) bond motifs is 1. The Labute approximate surface area is 155 Å². The third kappa shape index (κ3) is 4.64. The monoisotopic (exact) mass is 364 g/mol. The number of hydrogen-bond donors (Lipinski definition) is 1. The van der Waals surface area contributed by atoms with Crippen molar-refractivity contribution < 1.29 is 23.8 Å². The zero-order valence-electron chi connectivity index (χ0n) is 14.5. The second kappa shape index (κ2) is 8.06. The van der Waals surface area contributed by atoms with Crippen molar-refractivity contribution in [3.05, 3.63) is 59.7 Å². The molecule has 1 amide bonds. The predicted octanol–water partition coefficient (Wildman–Crippen LogP) is 2.87. The molecule has 2 aromatic carbocycles. The summed E-state index contributed by atoms with van der Waals surface area (Å²) in [5, 5.41) is 11.4. The van der Waals surface area contributed by atoms with E-state index in [0.717, 1.165) is 5.56 Å². The molecule has 1 aliphatic heterocycles. The van der Waals surface area contributed by atoms with E-state index in [4.69, 9.17) is 19.5 Å². The number of amides is 1. The summed E-state index contributed by atoms with van der Waals surface area (Å²) in [6.07, 6.45) is 1.83. The molecule has 136 valence electrons. The molecule has 3 rings (SSSR count). The first-order valence-electron chi connectivity index (χ1n) is 8.14. The lowest BCUT2D eigenvalue weighted by Crippen LogP contribution is -2.29. The summed E-state index contributed by atoms with van der Waals surface area (Å²) in [6, 6.07) is 13.6. The predicted molar refractivity (Wildman–Crippen MR) is 96.9 cm³/mol. The van der Waals surface area contributed by atoms with E-state index in [1.807, 2.05) is 6.07 Å². The molecule has 1 atom stereocenters. The summed E-state index contributed by atoms with van der Waals surface area (Å²) in [6.45, 7) is 1.65. The lowest BCUT2D eigenvalue weighted by atomic mass is 10.2. The van der Waals surface area contributed by atoms with Crippen molar-refractivity contribution in [3.63, 3.8) is 0 Å². The van der Waals surface area contributed by atoms with Gasteiger partial charge in [-0.2, -0.15) is 5.26 Å². The lowest BCUT2D eigenvalue weighted by Gasteiger charge is -2.12. The van der Waals surface area contributed by atoms with Gasteiger partial charge in [0.25, 0.3) is 5.91 Å². The average molecular weight is 364 g/mol. The molecule has 0 fully saturated rings. The number of benzene rings is 2. The van der Waals surface area contributed by atoms with Crippen LogP contribution in [0.5, 0.6) is 11.5 Å². The number of carbonyl (C=O) groups excluding carboxylic acids is 2. The normalized spacial score (nSPS) is 13.0. The number of ether oxygens (including phenoxy) is 3. The molecular formula is C20H16N2O5. The number of nitrogens with one attached hydrogen (secondary N) is 1. The van der Waals surface area contributed by atoms with Crippen molar-refractivity contribution in [2.75, 3.05) is 12.1 Å². The number of nitriles is 1. The van der Waals surface area contributed by atoms with Gasteiger partial charge in [-0.25, -0.2) is 4.79 Å². The van der Waals surface area contributed by atoms with Crippen LogP contribution in [-0.2, 0) is 14.3 Å². The highest BCUT2D eigenvalue weighted by molar-refractivity contribution is 5.96. The molecule has 0 saturated carbocycles. The zero-order chi connectivity index (χ0) is 19.2. The van der Waals surface area contributed by atoms with Crippen LogP contribution in [0.15, 0.2) is 48.5 Å². The quantitative estimate of drug-likeness (QED) is 0.647. The first-order chi connectivity index (χ1) is 13.0. The summed E-state index contributed by atoms with van der Waals surface area (Å²) in [4.78, 5) is 24.0. The van der Waals surface area contributed by atoms with Gasteiger partial charge in [0.05, 0.1) is 11.6 Å². The minimum absolute atomic E-state index is 0.177. The van der Waals surface area contributed by atoms with Crippen LogP contribution in [0, 0.1) is 11.3 Å². The molecule has 1 N–H and O–H groups in total. The van der Waals surface area contributed by atoms with Crippen LogP contribution < -0.4 is 14.8 Å². The van der Waals surface area contributed by atoms with Gasteiger partial charge in [0.1, 0.15) is 0 Å². The average Bonchev–Trinajstić information content (AvgIpc) is 3.14. The second-order valence-corrected chi connectivity index (χ2v) is 5.70. The maximum Gasteiger partial charge on any atom is 0.331 e. The Morgan fingerprint density at radius 2 is 1.93 bits per heavy atom. The maximum absolute atomic E-state index is 12.1. The van der Waals surface area contributed by atoms with Gasteiger partial charge in [0.2, 0.25) is 6.79 Å². The fourth-order valence-corrected chi connectivity index (χ4v) is 2.32. The number of nitrogens with zero attached hydrogens (tertiary/aromatic N) is 1. The fraction of sp³-hybridized carbons (Fsp3) is 0.150. The lowest BCUT2D eigenvalue weighted by molar-refractivity contribution is -0.148. The minimum Gasteiger partial charge on any atom is -0.454 e. The van der Waals surface area contributed by atoms with E-state index in [2.05, 4.69) is 5.32 Å². The van der Waals surface area contributed by atoms with Crippen molar-refractivity contribution in [1.29, 1.82) is 5.26 Å². The Balaban J connectivity index is 1.53. The van der Waals surface area contributed by atoms with Crippen LogP contribution in [0.25, 0.3) is 6.08 Å². The molecule has 0 bridgehead atoms. The molecule has 7 nitrogen and oxygen atoms in total. The van der Waals surface area contributed by atoms with Crippen LogP contribution in [0.3, 0.4) is 0 Å². The highest BCUT2D eigenvalue weighted by Crippen LogP contribution is 2.32. The molecule has 0 radical (unpaired) electrons. The third-order valence-electron chi connectivity index (χ3n) is 3.75. The molecule has 2 aromatic rings. The number of esters is 1. The molecule has 0 spiro atoms. The number of carbonyl (C=O) groups is 2. The molecule has 0 aromatic heterocycles. The summed E-state index contributed by atoms with van der Waals surface area (Å²) < 4.78 is 15.6. The minimum atomic E-state index is -0.977. The SMILES string of the molecule is C[C@@H](OC(=O)/C=C/c1ccc2c(c1)OCO2)C(=O)Nc1ccc(C#N)cc1. The van der Waals surface area contributed by atoms with Gasteiger partial charge < -0.3 is 19.5 Å². The summed E-state index contributed by atoms with van der Waals surface area (Å²) in [7, 11) is 0. The molecule has 1 aliphatic rings. The molecule has 1 heterocycles. The van der Waals surface area contributed by atoms with Gasteiger partial charge in [-0.3, -0.25) is 4.79 Å². The molecule has 0 unspecified atom stereocenters. The Kier molecular flexibility index (Phi) is 5.38. The second-order valence-electron chi connectivity index (χ2n) is 5.70. The molecule has 27 heavy (non-hydrogen) atoms. The van der Waals surface area contributed by atoms with Gasteiger partial charge in [0.15, 0.2) is 17.6 Å². The summed E-state index contributed by atoms with van der Waals surface area (Å²) in [5.41, 5.74) is 1.74. The van der Waals surface area contributed by atoms with E-state index >= 15 is 0 Å². The topological polar surface area (TPSA) is 97.7 Å². The van der Waals surface area contributed by atoms with Gasteiger partial charge >= 0.3 is 5.97 Å². The van der Waals surface area contributed by atoms with Crippen molar-refractivity contribution in [3.8, 4) is 17.6 Å². The summed E-state index contributed by atoms with van der Waals surface area (Å²) >= 11 is 0. The van der Waals surface area contributed by atoms with Crippen LogP contribution in [-0.4, -0.2) is 24.8 Å².